The number of ether oxygens (including phenoxy) is 1. The fraction of sp³-hybridized carbons (Fsp3) is 0.286. The summed E-state index contributed by atoms with van der Waals surface area (Å²) in [4.78, 5) is 14.1. The maximum absolute atomic E-state index is 12.7. The lowest BCUT2D eigenvalue weighted by atomic mass is 10.0. The van der Waals surface area contributed by atoms with Gasteiger partial charge < -0.3 is 14.7 Å². The maximum Gasteiger partial charge on any atom is 0.231 e. The van der Waals surface area contributed by atoms with Crippen LogP contribution in [-0.4, -0.2) is 24.0 Å². The zero-order valence-electron chi connectivity index (χ0n) is 14.3. The molecule has 2 aliphatic rings. The van der Waals surface area contributed by atoms with Gasteiger partial charge >= 0.3 is 0 Å². The SMILES string of the molecule is Cc1ccc(/C=C2\Oc3c(ccc(O)c3C[NH+]3CCCC3)C2=O)cc1. The highest BCUT2D eigenvalue weighted by Crippen LogP contribution is 2.39. The fourth-order valence-corrected chi connectivity index (χ4v) is 3.58. The lowest BCUT2D eigenvalue weighted by Gasteiger charge is -2.15. The number of nitrogens with one attached hydrogen (secondary N) is 1. The van der Waals surface area contributed by atoms with Crippen molar-refractivity contribution < 1.29 is 19.5 Å². The molecule has 0 unspecified atom stereocenters. The van der Waals surface area contributed by atoms with Gasteiger partial charge in [0.1, 0.15) is 12.3 Å². The first-order chi connectivity index (χ1) is 12.1. The van der Waals surface area contributed by atoms with Gasteiger partial charge in [-0.2, -0.15) is 0 Å². The molecule has 2 aromatic rings. The Kier molecular flexibility index (Phi) is 4.06. The summed E-state index contributed by atoms with van der Waals surface area (Å²) in [5, 5.41) is 10.3. The minimum absolute atomic E-state index is 0.117. The van der Waals surface area contributed by atoms with Crippen LogP contribution in [0.5, 0.6) is 11.5 Å². The largest absolute Gasteiger partial charge is 0.507 e. The zero-order chi connectivity index (χ0) is 17.4. The van der Waals surface area contributed by atoms with Gasteiger partial charge in [0.05, 0.1) is 24.2 Å². The standard InChI is InChI=1S/C21H21NO3/c1-14-4-6-15(7-5-14)12-19-20(24)16-8-9-18(23)17(21(16)25-19)13-22-10-2-3-11-22/h4-9,12,23H,2-3,10-11,13H2,1H3/p+1/b19-12-. The number of hydrogen-bond acceptors (Lipinski definition) is 3. The van der Waals surface area contributed by atoms with Gasteiger partial charge in [0.25, 0.3) is 0 Å². The number of phenolic OH excluding ortho intramolecular Hbond substituents is 1. The summed E-state index contributed by atoms with van der Waals surface area (Å²) in [5.74, 6) is 0.945. The molecule has 25 heavy (non-hydrogen) atoms. The first kappa shape index (κ1) is 15.9. The van der Waals surface area contributed by atoms with E-state index in [1.54, 1.807) is 18.2 Å². The first-order valence-electron chi connectivity index (χ1n) is 8.81. The van der Waals surface area contributed by atoms with Crippen LogP contribution in [0.3, 0.4) is 0 Å². The summed E-state index contributed by atoms with van der Waals surface area (Å²) in [7, 11) is 0. The average molecular weight is 336 g/mol. The van der Waals surface area contributed by atoms with Crippen molar-refractivity contribution in [3.8, 4) is 11.5 Å². The smallest absolute Gasteiger partial charge is 0.231 e. The topological polar surface area (TPSA) is 51.0 Å². The van der Waals surface area contributed by atoms with Gasteiger partial charge in [0, 0.05) is 12.8 Å². The number of aromatic hydroxyl groups is 1. The van der Waals surface area contributed by atoms with E-state index in [4.69, 9.17) is 4.74 Å². The molecule has 0 radical (unpaired) electrons. The molecule has 4 nitrogen and oxygen atoms in total. The van der Waals surface area contributed by atoms with E-state index in [1.165, 1.54) is 23.3 Å². The van der Waals surface area contributed by atoms with Gasteiger partial charge in [-0.3, -0.25) is 4.79 Å². The molecule has 0 amide bonds. The number of quaternary nitrogens is 1. The predicted octanol–water partition coefficient (Wildman–Crippen LogP) is 2.50. The monoisotopic (exact) mass is 336 g/mol. The van der Waals surface area contributed by atoms with Crippen molar-refractivity contribution >= 4 is 11.9 Å². The Labute approximate surface area is 147 Å². The van der Waals surface area contributed by atoms with Crippen LogP contribution in [0.15, 0.2) is 42.2 Å². The van der Waals surface area contributed by atoms with Crippen LogP contribution < -0.4 is 9.64 Å². The molecule has 0 spiro atoms. The molecule has 4 rings (SSSR count). The van der Waals surface area contributed by atoms with Crippen LogP contribution in [-0.2, 0) is 6.54 Å². The van der Waals surface area contributed by atoms with Gasteiger partial charge in [-0.15, -0.1) is 0 Å². The molecule has 0 bridgehead atoms. The summed E-state index contributed by atoms with van der Waals surface area (Å²) in [6, 6.07) is 11.2. The molecule has 0 saturated carbocycles. The summed E-state index contributed by atoms with van der Waals surface area (Å²) >= 11 is 0. The van der Waals surface area contributed by atoms with Gasteiger partial charge in [0.2, 0.25) is 5.78 Å². The highest BCUT2D eigenvalue weighted by atomic mass is 16.5. The molecule has 0 aliphatic carbocycles. The molecular formula is C21H22NO3+. The predicted molar refractivity (Wildman–Crippen MR) is 95.9 cm³/mol. The van der Waals surface area contributed by atoms with Crippen LogP contribution in [0, 0.1) is 6.92 Å². The van der Waals surface area contributed by atoms with Crippen molar-refractivity contribution in [3.63, 3.8) is 0 Å². The number of benzene rings is 2. The number of carbonyl (C=O) groups excluding carboxylic acids is 1. The summed E-state index contributed by atoms with van der Waals surface area (Å²) in [5.41, 5.74) is 3.39. The highest BCUT2D eigenvalue weighted by Gasteiger charge is 2.32. The Balaban J connectivity index is 1.67. The molecule has 0 aromatic heterocycles. The van der Waals surface area contributed by atoms with E-state index in [-0.39, 0.29) is 11.5 Å². The second kappa shape index (κ2) is 6.37. The minimum atomic E-state index is -0.117. The lowest BCUT2D eigenvalue weighted by molar-refractivity contribution is -0.901. The van der Waals surface area contributed by atoms with Gasteiger partial charge in [-0.05, 0) is 30.7 Å². The van der Waals surface area contributed by atoms with Crippen LogP contribution in [0.1, 0.15) is 39.9 Å². The number of aryl methyl sites for hydroxylation is 1. The molecule has 1 saturated heterocycles. The van der Waals surface area contributed by atoms with Crippen molar-refractivity contribution in [2.24, 2.45) is 0 Å². The molecule has 128 valence electrons. The molecule has 1 fully saturated rings. The van der Waals surface area contributed by atoms with Crippen LogP contribution >= 0.6 is 0 Å². The van der Waals surface area contributed by atoms with E-state index in [1.807, 2.05) is 31.2 Å². The third kappa shape index (κ3) is 3.05. The van der Waals surface area contributed by atoms with Crippen molar-refractivity contribution in [2.75, 3.05) is 13.1 Å². The quantitative estimate of drug-likeness (QED) is 0.847. The molecular weight excluding hydrogens is 314 g/mol. The number of fused-ring (bicyclic) bond motifs is 1. The minimum Gasteiger partial charge on any atom is -0.507 e. The van der Waals surface area contributed by atoms with Crippen molar-refractivity contribution in [1.29, 1.82) is 0 Å². The van der Waals surface area contributed by atoms with Gasteiger partial charge in [0.15, 0.2) is 11.5 Å². The molecule has 0 atom stereocenters. The molecule has 4 heteroatoms. The Morgan fingerprint density at radius 3 is 2.56 bits per heavy atom. The van der Waals surface area contributed by atoms with E-state index in [2.05, 4.69) is 0 Å². The molecule has 2 N–H and O–H groups in total. The third-order valence-electron chi connectivity index (χ3n) is 5.03. The normalized spacial score (nSPS) is 18.6. The van der Waals surface area contributed by atoms with E-state index in [0.717, 1.165) is 24.2 Å². The lowest BCUT2D eigenvalue weighted by Crippen LogP contribution is -3.08. The Morgan fingerprint density at radius 1 is 1.12 bits per heavy atom. The molecule has 2 heterocycles. The number of Topliss-reactive ketones (excluding diaryl/α,β-unsaturated/α-hetero) is 1. The Morgan fingerprint density at radius 2 is 1.84 bits per heavy atom. The van der Waals surface area contributed by atoms with E-state index < -0.39 is 0 Å². The number of allylic oxidation sites excluding steroid dienone is 1. The van der Waals surface area contributed by atoms with E-state index in [9.17, 15) is 9.90 Å². The number of carbonyl (C=O) groups is 1. The summed E-state index contributed by atoms with van der Waals surface area (Å²) in [6.45, 7) is 4.92. The second-order valence-corrected chi connectivity index (χ2v) is 6.92. The third-order valence-corrected chi connectivity index (χ3v) is 5.03. The first-order valence-corrected chi connectivity index (χ1v) is 8.81. The van der Waals surface area contributed by atoms with Gasteiger partial charge in [-0.1, -0.05) is 29.8 Å². The number of likely N-dealkylation sites (tertiary alicyclic amines) is 1. The van der Waals surface area contributed by atoms with Crippen LogP contribution in [0.2, 0.25) is 0 Å². The number of rotatable bonds is 3. The Bertz CT molecular complexity index is 846. The second-order valence-electron chi connectivity index (χ2n) is 6.92. The summed E-state index contributed by atoms with van der Waals surface area (Å²) in [6.07, 6.45) is 4.19. The van der Waals surface area contributed by atoms with Crippen molar-refractivity contribution in [2.45, 2.75) is 26.3 Å². The average Bonchev–Trinajstić information content (AvgIpc) is 3.22. The number of phenols is 1. The fourth-order valence-electron chi connectivity index (χ4n) is 3.58. The highest BCUT2D eigenvalue weighted by molar-refractivity contribution is 6.14. The van der Waals surface area contributed by atoms with Crippen LogP contribution in [0.25, 0.3) is 6.08 Å². The molecule has 2 aromatic carbocycles. The maximum atomic E-state index is 12.7. The number of hydrogen-bond donors (Lipinski definition) is 2. The van der Waals surface area contributed by atoms with E-state index in [0.29, 0.717) is 23.6 Å². The van der Waals surface area contributed by atoms with E-state index >= 15 is 0 Å². The Hall–Kier alpha value is -2.59. The number of ketones is 1. The van der Waals surface area contributed by atoms with Crippen LogP contribution in [0.4, 0.5) is 0 Å². The molecule has 2 aliphatic heterocycles. The zero-order valence-corrected chi connectivity index (χ0v) is 14.3. The van der Waals surface area contributed by atoms with Gasteiger partial charge in [-0.25, -0.2) is 0 Å². The van der Waals surface area contributed by atoms with Crippen molar-refractivity contribution in [3.05, 3.63) is 64.4 Å². The van der Waals surface area contributed by atoms with Crippen molar-refractivity contribution in [1.82, 2.24) is 0 Å². The summed E-state index contributed by atoms with van der Waals surface area (Å²) < 4.78 is 5.91.